The zero-order chi connectivity index (χ0) is 19.9. The molecule has 0 atom stereocenters. The minimum Gasteiger partial charge on any atom is -0.497 e. The van der Waals surface area contributed by atoms with Crippen LogP contribution in [0.3, 0.4) is 0 Å². The van der Waals surface area contributed by atoms with Gasteiger partial charge in [-0.1, -0.05) is 19.1 Å². The fourth-order valence-corrected chi connectivity index (χ4v) is 3.61. The van der Waals surface area contributed by atoms with Gasteiger partial charge in [0.2, 0.25) is 5.91 Å². The van der Waals surface area contributed by atoms with E-state index in [0.717, 1.165) is 36.0 Å². The molecule has 5 nitrogen and oxygen atoms in total. The van der Waals surface area contributed by atoms with Crippen LogP contribution < -0.4 is 15.0 Å². The van der Waals surface area contributed by atoms with Gasteiger partial charge in [-0.05, 0) is 67.8 Å². The molecule has 150 valence electrons. The van der Waals surface area contributed by atoms with Crippen molar-refractivity contribution in [3.05, 3.63) is 54.1 Å². The van der Waals surface area contributed by atoms with Gasteiger partial charge < -0.3 is 15.0 Å². The number of likely N-dealkylation sites (N-methyl/N-ethyl adjacent to an activating group) is 1. The average molecular weight is 382 g/mol. The number of nitrogens with one attached hydrogen (secondary N) is 1. The van der Waals surface area contributed by atoms with Gasteiger partial charge in [-0.15, -0.1) is 0 Å². The SMILES string of the molecule is COc1cccc(CN(C)CC(=O)Nc2ccc(N3CCC(C)CC3)cc2)c1. The minimum atomic E-state index is -0.00931. The highest BCUT2D eigenvalue weighted by atomic mass is 16.5. The monoisotopic (exact) mass is 381 g/mol. The highest BCUT2D eigenvalue weighted by molar-refractivity contribution is 5.92. The van der Waals surface area contributed by atoms with Gasteiger partial charge in [-0.25, -0.2) is 0 Å². The van der Waals surface area contributed by atoms with Crippen LogP contribution in [0.15, 0.2) is 48.5 Å². The van der Waals surface area contributed by atoms with E-state index < -0.39 is 0 Å². The molecule has 28 heavy (non-hydrogen) atoms. The highest BCUT2D eigenvalue weighted by Gasteiger charge is 2.16. The Labute approximate surface area is 168 Å². The lowest BCUT2D eigenvalue weighted by Gasteiger charge is -2.32. The third-order valence-corrected chi connectivity index (χ3v) is 5.30. The van der Waals surface area contributed by atoms with Gasteiger partial charge in [0.15, 0.2) is 0 Å². The van der Waals surface area contributed by atoms with E-state index in [1.54, 1.807) is 7.11 Å². The minimum absolute atomic E-state index is 0.00931. The maximum absolute atomic E-state index is 12.4. The van der Waals surface area contributed by atoms with Gasteiger partial charge in [0.05, 0.1) is 13.7 Å². The van der Waals surface area contributed by atoms with Gasteiger partial charge in [0.1, 0.15) is 5.75 Å². The molecule has 1 aliphatic rings. The topological polar surface area (TPSA) is 44.8 Å². The lowest BCUT2D eigenvalue weighted by Crippen LogP contribution is -2.32. The van der Waals surface area contributed by atoms with Crippen LogP contribution >= 0.6 is 0 Å². The van der Waals surface area contributed by atoms with Crippen LogP contribution in [-0.4, -0.2) is 44.6 Å². The van der Waals surface area contributed by atoms with Crippen molar-refractivity contribution in [2.45, 2.75) is 26.3 Å². The second kappa shape index (κ2) is 9.60. The van der Waals surface area contributed by atoms with Crippen LogP contribution in [-0.2, 0) is 11.3 Å². The summed E-state index contributed by atoms with van der Waals surface area (Å²) in [5.41, 5.74) is 3.20. The number of nitrogens with zero attached hydrogens (tertiary/aromatic N) is 2. The average Bonchev–Trinajstić information content (AvgIpc) is 2.69. The van der Waals surface area contributed by atoms with E-state index in [-0.39, 0.29) is 5.91 Å². The zero-order valence-electron chi connectivity index (χ0n) is 17.1. The number of ether oxygens (including phenoxy) is 1. The predicted octanol–water partition coefficient (Wildman–Crippen LogP) is 4.00. The molecule has 0 radical (unpaired) electrons. The number of carbonyl (C=O) groups is 1. The quantitative estimate of drug-likeness (QED) is 0.787. The molecule has 0 aromatic heterocycles. The maximum Gasteiger partial charge on any atom is 0.238 e. The Morgan fingerprint density at radius 2 is 1.89 bits per heavy atom. The van der Waals surface area contributed by atoms with Gasteiger partial charge >= 0.3 is 0 Å². The molecule has 0 aliphatic carbocycles. The summed E-state index contributed by atoms with van der Waals surface area (Å²) in [4.78, 5) is 16.8. The van der Waals surface area contributed by atoms with Gasteiger partial charge in [-0.2, -0.15) is 0 Å². The first-order valence-electron chi connectivity index (χ1n) is 10.00. The largest absolute Gasteiger partial charge is 0.497 e. The van der Waals surface area contributed by atoms with E-state index >= 15 is 0 Å². The number of hydrogen-bond acceptors (Lipinski definition) is 4. The molecule has 1 amide bonds. The summed E-state index contributed by atoms with van der Waals surface area (Å²) in [5.74, 6) is 1.65. The number of methoxy groups -OCH3 is 1. The second-order valence-corrected chi connectivity index (χ2v) is 7.79. The molecule has 2 aromatic rings. The van der Waals surface area contributed by atoms with Crippen molar-refractivity contribution in [2.24, 2.45) is 5.92 Å². The fraction of sp³-hybridized carbons (Fsp3) is 0.435. The van der Waals surface area contributed by atoms with E-state index in [2.05, 4.69) is 29.3 Å². The predicted molar refractivity (Wildman–Crippen MR) is 115 cm³/mol. The number of carbonyl (C=O) groups excluding carboxylic acids is 1. The van der Waals surface area contributed by atoms with Crippen LogP contribution in [0.5, 0.6) is 5.75 Å². The van der Waals surface area contributed by atoms with Crippen LogP contribution in [0, 0.1) is 5.92 Å². The normalized spacial score (nSPS) is 14.9. The third kappa shape index (κ3) is 5.73. The zero-order valence-corrected chi connectivity index (χ0v) is 17.1. The number of anilines is 2. The number of benzene rings is 2. The summed E-state index contributed by atoms with van der Waals surface area (Å²) in [6.07, 6.45) is 2.50. The summed E-state index contributed by atoms with van der Waals surface area (Å²) in [6, 6.07) is 16.1. The standard InChI is InChI=1S/C23H31N3O2/c1-18-11-13-26(14-12-18)21-9-7-20(8-10-21)24-23(27)17-25(2)16-19-5-4-6-22(15-19)28-3/h4-10,15,18H,11-14,16-17H2,1-3H3,(H,24,27). The highest BCUT2D eigenvalue weighted by Crippen LogP contribution is 2.24. The third-order valence-electron chi connectivity index (χ3n) is 5.30. The molecule has 1 aliphatic heterocycles. The van der Waals surface area contributed by atoms with Crippen molar-refractivity contribution in [1.82, 2.24) is 4.90 Å². The van der Waals surface area contributed by atoms with Crippen molar-refractivity contribution in [3.63, 3.8) is 0 Å². The first-order valence-corrected chi connectivity index (χ1v) is 10.00. The Morgan fingerprint density at radius 1 is 1.18 bits per heavy atom. The van der Waals surface area contributed by atoms with Crippen molar-refractivity contribution in [1.29, 1.82) is 0 Å². The molecule has 5 heteroatoms. The molecule has 0 bridgehead atoms. The number of rotatable bonds is 7. The summed E-state index contributed by atoms with van der Waals surface area (Å²) < 4.78 is 5.25. The molecule has 1 saturated heterocycles. The molecule has 2 aromatic carbocycles. The molecule has 1 heterocycles. The van der Waals surface area contributed by atoms with E-state index in [1.807, 2.05) is 48.3 Å². The number of hydrogen-bond donors (Lipinski definition) is 1. The summed E-state index contributed by atoms with van der Waals surface area (Å²) in [7, 11) is 3.60. The molecule has 0 saturated carbocycles. The molecule has 3 rings (SSSR count). The van der Waals surface area contributed by atoms with Gasteiger partial charge in [-0.3, -0.25) is 9.69 Å². The van der Waals surface area contributed by atoms with E-state index in [0.29, 0.717) is 13.1 Å². The fourth-order valence-electron chi connectivity index (χ4n) is 3.61. The van der Waals surface area contributed by atoms with Crippen molar-refractivity contribution >= 4 is 17.3 Å². The molecule has 1 N–H and O–H groups in total. The Hall–Kier alpha value is -2.53. The molecule has 0 spiro atoms. The molecular weight excluding hydrogens is 350 g/mol. The van der Waals surface area contributed by atoms with E-state index in [4.69, 9.17) is 4.74 Å². The number of piperidine rings is 1. The van der Waals surface area contributed by atoms with E-state index in [1.165, 1.54) is 18.5 Å². The summed E-state index contributed by atoms with van der Waals surface area (Å²) in [6.45, 7) is 5.57. The van der Waals surface area contributed by atoms with Crippen molar-refractivity contribution in [2.75, 3.05) is 44.0 Å². The number of amides is 1. The first kappa shape index (κ1) is 20.2. The summed E-state index contributed by atoms with van der Waals surface area (Å²) >= 11 is 0. The van der Waals surface area contributed by atoms with Gasteiger partial charge in [0, 0.05) is 31.0 Å². The molecule has 1 fully saturated rings. The first-order chi connectivity index (χ1) is 13.5. The van der Waals surface area contributed by atoms with Crippen molar-refractivity contribution in [3.8, 4) is 5.75 Å². The second-order valence-electron chi connectivity index (χ2n) is 7.79. The van der Waals surface area contributed by atoms with Crippen molar-refractivity contribution < 1.29 is 9.53 Å². The van der Waals surface area contributed by atoms with E-state index in [9.17, 15) is 4.79 Å². The lowest BCUT2D eigenvalue weighted by molar-refractivity contribution is -0.117. The Balaban J connectivity index is 1.48. The summed E-state index contributed by atoms with van der Waals surface area (Å²) in [5, 5.41) is 2.99. The Bertz CT molecular complexity index is 768. The maximum atomic E-state index is 12.4. The lowest BCUT2D eigenvalue weighted by atomic mass is 9.99. The van der Waals surface area contributed by atoms with Crippen LogP contribution in [0.2, 0.25) is 0 Å². The Morgan fingerprint density at radius 3 is 2.57 bits per heavy atom. The smallest absolute Gasteiger partial charge is 0.238 e. The van der Waals surface area contributed by atoms with Crippen LogP contribution in [0.25, 0.3) is 0 Å². The molecule has 0 unspecified atom stereocenters. The van der Waals surface area contributed by atoms with Crippen LogP contribution in [0.1, 0.15) is 25.3 Å². The molecular formula is C23H31N3O2. The Kier molecular flexibility index (Phi) is 6.93. The van der Waals surface area contributed by atoms with Gasteiger partial charge in [0.25, 0.3) is 0 Å². The van der Waals surface area contributed by atoms with Crippen LogP contribution in [0.4, 0.5) is 11.4 Å².